The molecule has 3 rings (SSSR count). The van der Waals surface area contributed by atoms with Gasteiger partial charge < -0.3 is 10.1 Å². The first-order valence-corrected chi connectivity index (χ1v) is 8.27. The third-order valence-corrected chi connectivity index (χ3v) is 5.73. The third-order valence-electron chi connectivity index (χ3n) is 5.73. The van der Waals surface area contributed by atoms with Gasteiger partial charge >= 0.3 is 0 Å². The summed E-state index contributed by atoms with van der Waals surface area (Å²) >= 11 is 0. The number of aromatic nitrogens is 2. The summed E-state index contributed by atoms with van der Waals surface area (Å²) in [7, 11) is 2.03. The molecule has 118 valence electrons. The molecule has 4 heteroatoms. The second-order valence-corrected chi connectivity index (χ2v) is 7.37. The molecule has 1 saturated carbocycles. The lowest BCUT2D eigenvalue weighted by molar-refractivity contribution is -0.192. The fraction of sp³-hybridized carbons (Fsp3) is 0.824. The van der Waals surface area contributed by atoms with Crippen LogP contribution in [0.25, 0.3) is 0 Å². The Morgan fingerprint density at radius 3 is 2.81 bits per heavy atom. The summed E-state index contributed by atoms with van der Waals surface area (Å²) in [5.41, 5.74) is 4.13. The van der Waals surface area contributed by atoms with E-state index < -0.39 is 0 Å². The lowest BCUT2D eigenvalue weighted by Crippen LogP contribution is -2.69. The van der Waals surface area contributed by atoms with Gasteiger partial charge in [0.2, 0.25) is 0 Å². The normalized spacial score (nSPS) is 30.8. The Balaban J connectivity index is 1.58. The number of nitrogens with one attached hydrogen (secondary N) is 1. The van der Waals surface area contributed by atoms with Gasteiger partial charge in [0.05, 0.1) is 11.8 Å². The van der Waals surface area contributed by atoms with Crippen LogP contribution in [0.2, 0.25) is 0 Å². The zero-order valence-electron chi connectivity index (χ0n) is 14.1. The molecule has 1 saturated heterocycles. The summed E-state index contributed by atoms with van der Waals surface area (Å²) in [6.07, 6.45) is 4.06. The number of nitrogens with zero attached hydrogens (tertiary/aromatic N) is 2. The van der Waals surface area contributed by atoms with Crippen molar-refractivity contribution in [2.24, 2.45) is 18.4 Å². The number of hydrogen-bond donors (Lipinski definition) is 1. The van der Waals surface area contributed by atoms with Crippen LogP contribution in [0.5, 0.6) is 0 Å². The molecule has 4 nitrogen and oxygen atoms in total. The van der Waals surface area contributed by atoms with E-state index in [-0.39, 0.29) is 5.41 Å². The highest BCUT2D eigenvalue weighted by atomic mass is 16.5. The molecular weight excluding hydrogens is 262 g/mol. The maximum atomic E-state index is 5.98. The van der Waals surface area contributed by atoms with E-state index in [1.807, 2.05) is 11.7 Å². The predicted molar refractivity (Wildman–Crippen MR) is 84.4 cm³/mol. The Hall–Kier alpha value is -0.870. The second-order valence-electron chi connectivity index (χ2n) is 7.37. The fourth-order valence-corrected chi connectivity index (χ4v) is 4.47. The SMILES string of the molecule is Cc1nn(C)c(C)c1CCNC1C2CCCOC2C1(C)C. The van der Waals surface area contributed by atoms with E-state index in [1.165, 1.54) is 29.8 Å². The number of fused-ring (bicyclic) bond motifs is 1. The van der Waals surface area contributed by atoms with Crippen molar-refractivity contribution in [3.63, 3.8) is 0 Å². The highest BCUT2D eigenvalue weighted by Crippen LogP contribution is 2.51. The average Bonchev–Trinajstić information content (AvgIpc) is 2.69. The summed E-state index contributed by atoms with van der Waals surface area (Å²) in [5.74, 6) is 0.713. The van der Waals surface area contributed by atoms with Gasteiger partial charge in [-0.3, -0.25) is 4.68 Å². The molecule has 1 aliphatic carbocycles. The van der Waals surface area contributed by atoms with Gasteiger partial charge in [0, 0.05) is 36.7 Å². The summed E-state index contributed by atoms with van der Waals surface area (Å²) in [6, 6.07) is 0.597. The van der Waals surface area contributed by atoms with Crippen LogP contribution in [0.3, 0.4) is 0 Å². The van der Waals surface area contributed by atoms with Crippen LogP contribution in [0.15, 0.2) is 0 Å². The second kappa shape index (κ2) is 5.40. The number of aryl methyl sites for hydroxylation is 2. The first-order chi connectivity index (χ1) is 9.93. The average molecular weight is 291 g/mol. The Kier molecular flexibility index (Phi) is 3.87. The minimum Gasteiger partial charge on any atom is -0.377 e. The molecule has 2 fully saturated rings. The highest BCUT2D eigenvalue weighted by Gasteiger charge is 2.57. The summed E-state index contributed by atoms with van der Waals surface area (Å²) in [5, 5.41) is 8.31. The van der Waals surface area contributed by atoms with Gasteiger partial charge in [-0.05, 0) is 45.2 Å². The van der Waals surface area contributed by atoms with E-state index in [2.05, 4.69) is 38.1 Å². The van der Waals surface area contributed by atoms with E-state index in [1.54, 1.807) is 0 Å². The monoisotopic (exact) mass is 291 g/mol. The van der Waals surface area contributed by atoms with Crippen molar-refractivity contribution in [2.45, 2.75) is 59.1 Å². The zero-order valence-corrected chi connectivity index (χ0v) is 14.1. The first-order valence-electron chi connectivity index (χ1n) is 8.27. The van der Waals surface area contributed by atoms with Crippen molar-refractivity contribution in [1.29, 1.82) is 0 Å². The van der Waals surface area contributed by atoms with E-state index in [4.69, 9.17) is 4.74 Å². The van der Waals surface area contributed by atoms with Gasteiger partial charge in [0.1, 0.15) is 0 Å². The molecule has 0 radical (unpaired) electrons. The molecule has 1 aliphatic heterocycles. The predicted octanol–water partition coefficient (Wildman–Crippen LogP) is 2.37. The molecule has 1 N–H and O–H groups in total. The summed E-state index contributed by atoms with van der Waals surface area (Å²) in [4.78, 5) is 0. The van der Waals surface area contributed by atoms with Crippen LogP contribution in [0.4, 0.5) is 0 Å². The van der Waals surface area contributed by atoms with Gasteiger partial charge in [-0.1, -0.05) is 13.8 Å². The van der Waals surface area contributed by atoms with Crippen molar-refractivity contribution in [3.05, 3.63) is 17.0 Å². The lowest BCUT2D eigenvalue weighted by atomic mass is 9.55. The molecule has 3 unspecified atom stereocenters. The Bertz CT molecular complexity index is 520. The number of rotatable bonds is 4. The largest absolute Gasteiger partial charge is 0.377 e. The molecule has 2 heterocycles. The minimum atomic E-state index is 0.268. The standard InChI is InChI=1S/C17H29N3O/c1-11-13(12(2)20(5)19-11)8-9-18-15-14-7-6-10-21-16(14)17(15,3)4/h14-16,18H,6-10H2,1-5H3. The van der Waals surface area contributed by atoms with E-state index in [9.17, 15) is 0 Å². The zero-order chi connectivity index (χ0) is 15.2. The van der Waals surface area contributed by atoms with Gasteiger partial charge in [-0.15, -0.1) is 0 Å². The Labute approximate surface area is 128 Å². The molecule has 0 aromatic carbocycles. The van der Waals surface area contributed by atoms with Crippen LogP contribution in [-0.4, -0.2) is 35.1 Å². The molecule has 1 aromatic rings. The lowest BCUT2D eigenvalue weighted by Gasteiger charge is -2.60. The van der Waals surface area contributed by atoms with Crippen LogP contribution in [0.1, 0.15) is 43.6 Å². The van der Waals surface area contributed by atoms with Crippen LogP contribution in [-0.2, 0) is 18.2 Å². The van der Waals surface area contributed by atoms with Crippen molar-refractivity contribution in [3.8, 4) is 0 Å². The van der Waals surface area contributed by atoms with Crippen molar-refractivity contribution in [1.82, 2.24) is 15.1 Å². The van der Waals surface area contributed by atoms with Crippen molar-refractivity contribution < 1.29 is 4.74 Å². The van der Waals surface area contributed by atoms with Crippen molar-refractivity contribution in [2.75, 3.05) is 13.2 Å². The van der Waals surface area contributed by atoms with Gasteiger partial charge in [0.25, 0.3) is 0 Å². The Morgan fingerprint density at radius 2 is 2.14 bits per heavy atom. The molecule has 0 bridgehead atoms. The van der Waals surface area contributed by atoms with E-state index >= 15 is 0 Å². The quantitative estimate of drug-likeness (QED) is 0.925. The summed E-state index contributed by atoms with van der Waals surface area (Å²) in [6.45, 7) is 10.9. The van der Waals surface area contributed by atoms with Crippen LogP contribution < -0.4 is 5.32 Å². The minimum absolute atomic E-state index is 0.268. The molecule has 3 atom stereocenters. The highest BCUT2D eigenvalue weighted by molar-refractivity contribution is 5.24. The van der Waals surface area contributed by atoms with E-state index in [0.717, 1.165) is 19.6 Å². The molecular formula is C17H29N3O. The first kappa shape index (κ1) is 15.0. The van der Waals surface area contributed by atoms with E-state index in [0.29, 0.717) is 18.1 Å². The number of hydrogen-bond acceptors (Lipinski definition) is 3. The van der Waals surface area contributed by atoms with Gasteiger partial charge in [-0.2, -0.15) is 5.10 Å². The fourth-order valence-electron chi connectivity index (χ4n) is 4.47. The van der Waals surface area contributed by atoms with Crippen LogP contribution in [0, 0.1) is 25.2 Å². The maximum Gasteiger partial charge on any atom is 0.0684 e. The van der Waals surface area contributed by atoms with Crippen LogP contribution >= 0.6 is 0 Å². The number of ether oxygens (including phenoxy) is 1. The van der Waals surface area contributed by atoms with Gasteiger partial charge in [-0.25, -0.2) is 0 Å². The maximum absolute atomic E-state index is 5.98. The Morgan fingerprint density at radius 1 is 1.38 bits per heavy atom. The molecule has 0 amide bonds. The molecule has 0 spiro atoms. The molecule has 21 heavy (non-hydrogen) atoms. The summed E-state index contributed by atoms with van der Waals surface area (Å²) < 4.78 is 7.96. The molecule has 2 aliphatic rings. The smallest absolute Gasteiger partial charge is 0.0684 e. The van der Waals surface area contributed by atoms with Gasteiger partial charge in [0.15, 0.2) is 0 Å². The van der Waals surface area contributed by atoms with Crippen molar-refractivity contribution >= 4 is 0 Å². The third kappa shape index (κ3) is 2.42. The molecule has 1 aromatic heterocycles. The topological polar surface area (TPSA) is 39.1 Å².